The van der Waals surface area contributed by atoms with Crippen molar-refractivity contribution in [1.29, 1.82) is 0 Å². The molecule has 0 heterocycles. The molecule has 0 spiro atoms. The second kappa shape index (κ2) is 8.75. The minimum atomic E-state index is -0.480. The third-order valence-corrected chi connectivity index (χ3v) is 3.72. The first-order valence-electron chi connectivity index (χ1n) is 7.96. The van der Waals surface area contributed by atoms with E-state index in [4.69, 9.17) is 14.2 Å². The van der Waals surface area contributed by atoms with Crippen molar-refractivity contribution >= 4 is 11.8 Å². The average Bonchev–Trinajstić information content (AvgIpc) is 2.65. The third-order valence-electron chi connectivity index (χ3n) is 3.72. The van der Waals surface area contributed by atoms with Crippen LogP contribution in [0.25, 0.3) is 0 Å². The highest BCUT2D eigenvalue weighted by Crippen LogP contribution is 2.27. The van der Waals surface area contributed by atoms with E-state index in [1.165, 1.54) is 20.3 Å². The number of amides is 2. The lowest BCUT2D eigenvalue weighted by atomic mass is 10.1. The van der Waals surface area contributed by atoms with Gasteiger partial charge in [-0.25, -0.2) is 0 Å². The summed E-state index contributed by atoms with van der Waals surface area (Å²) in [6, 6.07) is 10.4. The summed E-state index contributed by atoms with van der Waals surface area (Å²) >= 11 is 0. The van der Waals surface area contributed by atoms with E-state index in [2.05, 4.69) is 10.9 Å². The van der Waals surface area contributed by atoms with Gasteiger partial charge >= 0.3 is 0 Å². The lowest BCUT2D eigenvalue weighted by molar-refractivity contribution is -0.123. The van der Waals surface area contributed by atoms with Crippen LogP contribution >= 0.6 is 0 Å². The number of benzene rings is 2. The zero-order valence-electron chi connectivity index (χ0n) is 15.2. The molecule has 2 N–H and O–H groups in total. The van der Waals surface area contributed by atoms with E-state index >= 15 is 0 Å². The highest BCUT2D eigenvalue weighted by Gasteiger charge is 2.12. The predicted molar refractivity (Wildman–Crippen MR) is 96.6 cm³/mol. The van der Waals surface area contributed by atoms with Crippen LogP contribution in [0.4, 0.5) is 0 Å². The number of hydrogen-bond acceptors (Lipinski definition) is 5. The Morgan fingerprint density at radius 1 is 0.923 bits per heavy atom. The van der Waals surface area contributed by atoms with Gasteiger partial charge in [0.25, 0.3) is 11.8 Å². The van der Waals surface area contributed by atoms with Crippen molar-refractivity contribution in [3.8, 4) is 17.2 Å². The zero-order chi connectivity index (χ0) is 19.1. The number of carbonyl (C=O) groups is 2. The van der Waals surface area contributed by atoms with Gasteiger partial charge in [0.2, 0.25) is 0 Å². The van der Waals surface area contributed by atoms with Crippen LogP contribution in [0.15, 0.2) is 36.4 Å². The molecule has 2 aromatic rings. The maximum absolute atomic E-state index is 12.1. The predicted octanol–water partition coefficient (Wildman–Crippen LogP) is 2.16. The number of aryl methyl sites for hydroxylation is 2. The number of para-hydroxylation sites is 1. The van der Waals surface area contributed by atoms with Gasteiger partial charge in [0.1, 0.15) is 5.75 Å². The molecule has 26 heavy (non-hydrogen) atoms. The number of ether oxygens (including phenoxy) is 3. The second-order valence-electron chi connectivity index (χ2n) is 5.58. The van der Waals surface area contributed by atoms with Crippen molar-refractivity contribution in [1.82, 2.24) is 10.9 Å². The van der Waals surface area contributed by atoms with Gasteiger partial charge in [-0.15, -0.1) is 0 Å². The molecule has 0 unspecified atom stereocenters. The number of rotatable bonds is 6. The quantitative estimate of drug-likeness (QED) is 0.773. The normalized spacial score (nSPS) is 10.0. The van der Waals surface area contributed by atoms with Gasteiger partial charge in [-0.05, 0) is 43.2 Å². The highest BCUT2D eigenvalue weighted by molar-refractivity contribution is 5.96. The molecule has 0 aliphatic carbocycles. The van der Waals surface area contributed by atoms with E-state index in [-0.39, 0.29) is 6.61 Å². The smallest absolute Gasteiger partial charge is 0.276 e. The van der Waals surface area contributed by atoms with Gasteiger partial charge in [-0.2, -0.15) is 0 Å². The van der Waals surface area contributed by atoms with Crippen molar-refractivity contribution in [3.05, 3.63) is 53.1 Å². The molecule has 2 rings (SSSR count). The Bertz CT molecular complexity index is 784. The SMILES string of the molecule is COc1ccc(C(=O)NNC(=O)COc2c(C)cccc2C)cc1OC. The Hall–Kier alpha value is -3.22. The number of methoxy groups -OCH3 is 2. The maximum atomic E-state index is 12.1. The van der Waals surface area contributed by atoms with Crippen molar-refractivity contribution in [2.45, 2.75) is 13.8 Å². The molecule has 0 saturated carbocycles. The average molecular weight is 358 g/mol. The fraction of sp³-hybridized carbons (Fsp3) is 0.263. The number of hydrogen-bond donors (Lipinski definition) is 2. The summed E-state index contributed by atoms with van der Waals surface area (Å²) in [6.45, 7) is 3.59. The van der Waals surface area contributed by atoms with Crippen LogP contribution in [0, 0.1) is 13.8 Å². The Morgan fingerprint density at radius 2 is 1.58 bits per heavy atom. The Balaban J connectivity index is 1.90. The lowest BCUT2D eigenvalue weighted by Crippen LogP contribution is -2.43. The van der Waals surface area contributed by atoms with Crippen LogP contribution in [-0.4, -0.2) is 32.6 Å². The first-order chi connectivity index (χ1) is 12.5. The van der Waals surface area contributed by atoms with Crippen LogP contribution < -0.4 is 25.1 Å². The van der Waals surface area contributed by atoms with Crippen molar-refractivity contribution in [2.75, 3.05) is 20.8 Å². The maximum Gasteiger partial charge on any atom is 0.276 e. The molecular formula is C19H22N2O5. The molecule has 7 heteroatoms. The Morgan fingerprint density at radius 3 is 2.19 bits per heavy atom. The summed E-state index contributed by atoms with van der Waals surface area (Å²) in [5.41, 5.74) is 6.85. The van der Waals surface area contributed by atoms with Crippen LogP contribution in [-0.2, 0) is 4.79 Å². The Kier molecular flexibility index (Phi) is 6.43. The molecule has 0 fully saturated rings. The zero-order valence-corrected chi connectivity index (χ0v) is 15.2. The van der Waals surface area contributed by atoms with E-state index in [1.807, 2.05) is 32.0 Å². The molecule has 0 radical (unpaired) electrons. The minimum Gasteiger partial charge on any atom is -0.493 e. The number of carbonyl (C=O) groups excluding carboxylic acids is 2. The van der Waals surface area contributed by atoms with E-state index in [1.54, 1.807) is 12.1 Å². The second-order valence-corrected chi connectivity index (χ2v) is 5.58. The molecule has 2 aromatic carbocycles. The van der Waals surface area contributed by atoms with Crippen LogP contribution in [0.3, 0.4) is 0 Å². The fourth-order valence-electron chi connectivity index (χ4n) is 2.38. The fourth-order valence-corrected chi connectivity index (χ4v) is 2.38. The van der Waals surface area contributed by atoms with Crippen molar-refractivity contribution < 1.29 is 23.8 Å². The van der Waals surface area contributed by atoms with Gasteiger partial charge in [-0.3, -0.25) is 20.4 Å². The largest absolute Gasteiger partial charge is 0.493 e. The third kappa shape index (κ3) is 4.66. The van der Waals surface area contributed by atoms with Crippen molar-refractivity contribution in [3.63, 3.8) is 0 Å². The monoisotopic (exact) mass is 358 g/mol. The minimum absolute atomic E-state index is 0.210. The standard InChI is InChI=1S/C19H22N2O5/c1-12-6-5-7-13(2)18(12)26-11-17(22)20-21-19(23)14-8-9-15(24-3)16(10-14)25-4/h5-10H,11H2,1-4H3,(H,20,22)(H,21,23). The Labute approximate surface area is 152 Å². The van der Waals surface area contributed by atoms with E-state index in [0.29, 0.717) is 22.8 Å². The molecule has 0 atom stereocenters. The van der Waals surface area contributed by atoms with Gasteiger partial charge in [0.15, 0.2) is 18.1 Å². The number of nitrogens with one attached hydrogen (secondary N) is 2. The van der Waals surface area contributed by atoms with Gasteiger partial charge in [0.05, 0.1) is 14.2 Å². The van der Waals surface area contributed by atoms with E-state index in [0.717, 1.165) is 11.1 Å². The summed E-state index contributed by atoms with van der Waals surface area (Å²) in [4.78, 5) is 24.0. The molecule has 0 aromatic heterocycles. The molecule has 138 valence electrons. The molecule has 0 saturated heterocycles. The summed E-state index contributed by atoms with van der Waals surface area (Å²) in [7, 11) is 2.99. The summed E-state index contributed by atoms with van der Waals surface area (Å²) < 4.78 is 15.8. The summed E-state index contributed by atoms with van der Waals surface area (Å²) in [5, 5.41) is 0. The molecule has 0 bridgehead atoms. The first-order valence-corrected chi connectivity index (χ1v) is 7.96. The van der Waals surface area contributed by atoms with Gasteiger partial charge in [0, 0.05) is 5.56 Å². The topological polar surface area (TPSA) is 85.9 Å². The first kappa shape index (κ1) is 19.1. The summed E-state index contributed by atoms with van der Waals surface area (Å²) in [5.74, 6) is 0.640. The molecule has 0 aliphatic heterocycles. The molecular weight excluding hydrogens is 336 g/mol. The van der Waals surface area contributed by atoms with E-state index < -0.39 is 11.8 Å². The number of hydrazine groups is 1. The molecule has 2 amide bonds. The van der Waals surface area contributed by atoms with Crippen LogP contribution in [0.5, 0.6) is 17.2 Å². The van der Waals surface area contributed by atoms with E-state index in [9.17, 15) is 9.59 Å². The lowest BCUT2D eigenvalue weighted by Gasteiger charge is -2.13. The molecule has 7 nitrogen and oxygen atoms in total. The van der Waals surface area contributed by atoms with Gasteiger partial charge in [-0.1, -0.05) is 18.2 Å². The molecule has 0 aliphatic rings. The van der Waals surface area contributed by atoms with Crippen molar-refractivity contribution in [2.24, 2.45) is 0 Å². The van der Waals surface area contributed by atoms with Gasteiger partial charge < -0.3 is 14.2 Å². The van der Waals surface area contributed by atoms with Crippen LogP contribution in [0.1, 0.15) is 21.5 Å². The summed E-state index contributed by atoms with van der Waals surface area (Å²) in [6.07, 6.45) is 0. The van der Waals surface area contributed by atoms with Crippen LogP contribution in [0.2, 0.25) is 0 Å². The highest BCUT2D eigenvalue weighted by atomic mass is 16.5.